The van der Waals surface area contributed by atoms with Gasteiger partial charge in [0.2, 0.25) is 0 Å². The smallest absolute Gasteiger partial charge is 0.0270 e. The van der Waals surface area contributed by atoms with Gasteiger partial charge in [0.15, 0.2) is 0 Å². The third-order valence-corrected chi connectivity index (χ3v) is 12.7. The lowest BCUT2D eigenvalue weighted by atomic mass is 9.83. The van der Waals surface area contributed by atoms with Crippen molar-refractivity contribution >= 4 is 0 Å². The van der Waals surface area contributed by atoms with Gasteiger partial charge in [-0.25, -0.2) is 0 Å². The lowest BCUT2D eigenvalue weighted by Crippen LogP contribution is -2.51. The van der Waals surface area contributed by atoms with Crippen LogP contribution in [0.1, 0.15) is 97.3 Å². The van der Waals surface area contributed by atoms with Crippen LogP contribution in [-0.2, 0) is 0 Å². The molecular weight excluding hydrogens is 592 g/mol. The van der Waals surface area contributed by atoms with Crippen LogP contribution in [0.25, 0.3) is 0 Å². The molecule has 4 aromatic rings. The van der Waals surface area contributed by atoms with Crippen LogP contribution < -0.4 is 21.3 Å². The van der Waals surface area contributed by atoms with E-state index in [2.05, 4.69) is 89.7 Å². The van der Waals surface area contributed by atoms with Crippen LogP contribution in [0, 0.1) is 0 Å². The van der Waals surface area contributed by atoms with Crippen molar-refractivity contribution in [2.75, 3.05) is 0 Å². The molecule has 4 N–H and O–H groups in total. The largest absolute Gasteiger partial charge is 0.310 e. The Morgan fingerprint density at radius 1 is 0.292 bits per heavy atom. The fourth-order valence-electron chi connectivity index (χ4n) is 10.8. The molecule has 9 rings (SSSR count). The highest BCUT2D eigenvalue weighted by Crippen LogP contribution is 2.45. The maximum Gasteiger partial charge on any atom is 0.0270 e. The molecule has 0 aliphatic carbocycles. The molecule has 0 amide bonds. The molecule has 5 aliphatic rings. The Bertz CT molecular complexity index is 1340. The summed E-state index contributed by atoms with van der Waals surface area (Å²) in [5.74, 6) is 1.54. The van der Waals surface area contributed by atoms with E-state index >= 15 is 0 Å². The molecule has 5 aliphatic heterocycles. The Kier molecular flexibility index (Phi) is 8.51. The minimum absolute atomic E-state index is 0.386. The second kappa shape index (κ2) is 13.4. The van der Waals surface area contributed by atoms with E-state index in [9.17, 15) is 0 Å². The minimum Gasteiger partial charge on any atom is -0.310 e. The molecule has 4 aromatic heterocycles. The normalized spacial score (nSPS) is 37.8. The summed E-state index contributed by atoms with van der Waals surface area (Å²) in [6, 6.07) is 21.3. The summed E-state index contributed by atoms with van der Waals surface area (Å²) >= 11 is 0. The predicted octanol–water partition coefficient (Wildman–Crippen LogP) is 5.20. The van der Waals surface area contributed by atoms with E-state index in [4.69, 9.17) is 0 Å². The van der Waals surface area contributed by atoms with Crippen molar-refractivity contribution in [3.63, 3.8) is 0 Å². The zero-order valence-electron chi connectivity index (χ0n) is 27.6. The molecule has 8 bridgehead atoms. The second-order valence-corrected chi connectivity index (χ2v) is 15.1. The van der Waals surface area contributed by atoms with E-state index in [-0.39, 0.29) is 0 Å². The van der Waals surface area contributed by atoms with E-state index in [0.717, 1.165) is 0 Å². The fourth-order valence-corrected chi connectivity index (χ4v) is 10.8. The van der Waals surface area contributed by atoms with Crippen LogP contribution in [0.2, 0.25) is 0 Å². The number of rotatable bonds is 4. The van der Waals surface area contributed by atoms with Crippen molar-refractivity contribution in [2.45, 2.75) is 123 Å². The highest BCUT2D eigenvalue weighted by Gasteiger charge is 2.49. The van der Waals surface area contributed by atoms with Gasteiger partial charge in [0, 0.05) is 122 Å². The van der Waals surface area contributed by atoms with Crippen LogP contribution in [-0.4, -0.2) is 68.3 Å². The molecule has 248 valence electrons. The van der Waals surface area contributed by atoms with Crippen molar-refractivity contribution in [3.05, 3.63) is 120 Å². The molecule has 0 aromatic carbocycles. The Hall–Kier alpha value is -3.56. The number of aromatic nitrogens is 4. The van der Waals surface area contributed by atoms with Gasteiger partial charge in [-0.1, -0.05) is 0 Å². The van der Waals surface area contributed by atoms with E-state index in [1.165, 1.54) is 73.6 Å². The molecule has 0 spiro atoms. The summed E-state index contributed by atoms with van der Waals surface area (Å²) in [5.41, 5.74) is 5.62. The second-order valence-electron chi connectivity index (χ2n) is 15.1. The average molecular weight is 641 g/mol. The Labute approximate surface area is 284 Å². The highest BCUT2D eigenvalue weighted by molar-refractivity contribution is 5.30. The molecule has 5 saturated heterocycles. The van der Waals surface area contributed by atoms with E-state index in [0.29, 0.717) is 72.0 Å². The third kappa shape index (κ3) is 5.76. The number of nitrogens with zero attached hydrogens (tertiary/aromatic N) is 4. The molecule has 0 radical (unpaired) electrons. The minimum atomic E-state index is 0.386. The van der Waals surface area contributed by atoms with Gasteiger partial charge < -0.3 is 21.3 Å². The molecule has 5 fully saturated rings. The molecular formula is C40H48N8. The van der Waals surface area contributed by atoms with Crippen molar-refractivity contribution in [2.24, 2.45) is 0 Å². The predicted molar refractivity (Wildman–Crippen MR) is 188 cm³/mol. The van der Waals surface area contributed by atoms with Gasteiger partial charge in [0.05, 0.1) is 0 Å². The van der Waals surface area contributed by atoms with Crippen LogP contribution in [0.3, 0.4) is 0 Å². The van der Waals surface area contributed by atoms with Crippen molar-refractivity contribution in [1.82, 2.24) is 41.2 Å². The lowest BCUT2D eigenvalue weighted by Gasteiger charge is -2.37. The van der Waals surface area contributed by atoms with E-state index in [1.807, 2.05) is 49.6 Å². The van der Waals surface area contributed by atoms with Crippen LogP contribution in [0.5, 0.6) is 0 Å². The van der Waals surface area contributed by atoms with Crippen LogP contribution in [0.15, 0.2) is 98.1 Å². The lowest BCUT2D eigenvalue weighted by molar-refractivity contribution is 0.304. The summed E-state index contributed by atoms with van der Waals surface area (Å²) in [5, 5.41) is 17.2. The van der Waals surface area contributed by atoms with E-state index in [1.54, 1.807) is 0 Å². The Balaban J connectivity index is 1.13. The maximum absolute atomic E-state index is 4.42. The molecule has 8 heteroatoms. The first-order valence-corrected chi connectivity index (χ1v) is 18.4. The van der Waals surface area contributed by atoms with Crippen molar-refractivity contribution in [1.29, 1.82) is 0 Å². The SMILES string of the molecule is c1cc(C2C3CCC(N3)C(c3ccncc3)C3CCC(N3)C(c3ccncc3)C3CCC(N3)C(c3ccncc3)C3CCC2N3)ccn1. The number of pyridine rings is 4. The van der Waals surface area contributed by atoms with E-state index < -0.39 is 0 Å². The zero-order valence-corrected chi connectivity index (χ0v) is 27.6. The fraction of sp³-hybridized carbons (Fsp3) is 0.500. The monoisotopic (exact) mass is 640 g/mol. The van der Waals surface area contributed by atoms with Crippen molar-refractivity contribution < 1.29 is 0 Å². The van der Waals surface area contributed by atoms with Gasteiger partial charge in [-0.2, -0.15) is 0 Å². The number of nitrogens with one attached hydrogen (secondary N) is 4. The molecule has 8 atom stereocenters. The van der Waals surface area contributed by atoms with Crippen LogP contribution in [0.4, 0.5) is 0 Å². The molecule has 48 heavy (non-hydrogen) atoms. The Morgan fingerprint density at radius 3 is 0.625 bits per heavy atom. The summed E-state index contributed by atoms with van der Waals surface area (Å²) < 4.78 is 0. The summed E-state index contributed by atoms with van der Waals surface area (Å²) in [7, 11) is 0. The third-order valence-electron chi connectivity index (χ3n) is 12.7. The zero-order chi connectivity index (χ0) is 31.9. The number of hydrogen-bond donors (Lipinski definition) is 4. The molecule has 9 heterocycles. The van der Waals surface area contributed by atoms with Crippen molar-refractivity contribution in [3.8, 4) is 0 Å². The number of fused-ring (bicyclic) bond motifs is 8. The quantitative estimate of drug-likeness (QED) is 0.242. The van der Waals surface area contributed by atoms with Gasteiger partial charge in [-0.3, -0.25) is 19.9 Å². The summed E-state index contributed by atoms with van der Waals surface area (Å²) in [6.45, 7) is 0. The standard InChI is InChI=1S/C40H48N8/c1-2-30-38(26-11-19-42-20-12-26)32-5-6-34(47-32)40(28-15-23-44-24-16-28)36-8-7-35(48-36)39(27-13-21-43-22-14-27)33-4-3-31(46-33)37(29(1)45-30)25-9-17-41-18-10-25/h9-24,29-40,45-48H,1-8H2. The summed E-state index contributed by atoms with van der Waals surface area (Å²) in [6.07, 6.45) is 25.3. The van der Waals surface area contributed by atoms with Gasteiger partial charge in [0.25, 0.3) is 0 Å². The van der Waals surface area contributed by atoms with Gasteiger partial charge in [0.1, 0.15) is 0 Å². The van der Waals surface area contributed by atoms with Gasteiger partial charge in [-0.05, 0) is 122 Å². The molecule has 0 saturated carbocycles. The molecule has 8 nitrogen and oxygen atoms in total. The first-order valence-electron chi connectivity index (χ1n) is 18.4. The van der Waals surface area contributed by atoms with Gasteiger partial charge >= 0.3 is 0 Å². The first kappa shape index (κ1) is 30.5. The molecule has 8 unspecified atom stereocenters. The van der Waals surface area contributed by atoms with Gasteiger partial charge in [-0.15, -0.1) is 0 Å². The Morgan fingerprint density at radius 2 is 0.458 bits per heavy atom. The van der Waals surface area contributed by atoms with Crippen LogP contribution >= 0.6 is 0 Å². The average Bonchev–Trinajstić information content (AvgIpc) is 3.98. The maximum atomic E-state index is 4.42. The number of hydrogen-bond acceptors (Lipinski definition) is 8. The topological polar surface area (TPSA) is 99.7 Å². The summed E-state index contributed by atoms with van der Waals surface area (Å²) in [4.78, 5) is 17.7. The highest BCUT2D eigenvalue weighted by atomic mass is 15.1. The first-order chi connectivity index (χ1) is 23.8.